The molecule has 16 aromatic rings. The van der Waals surface area contributed by atoms with Crippen LogP contribution in [0.15, 0.2) is 231 Å². The summed E-state index contributed by atoms with van der Waals surface area (Å²) in [5.41, 5.74) is 10.2. The molecule has 0 atom stereocenters. The van der Waals surface area contributed by atoms with E-state index >= 15 is 0 Å². The Morgan fingerprint density at radius 3 is 1.01 bits per heavy atom. The second-order valence-electron chi connectivity index (χ2n) is 21.0. The first-order valence-electron chi connectivity index (χ1n) is 26.4. The SMILES string of the molecule is c1ccc2c(c1)Oc1ccccc1C21c2cc(-n3c4ccccc4c4cc5sc6ccccc6c5cc43)sc2C2(c3ccccc3Oc3ccccc32)c2cc(-n3c4ccccc4c4cc5sc6ccccc6c5cc43)sc21. The Bertz CT molecular complexity index is 4860. The Hall–Kier alpha value is -8.76. The van der Waals surface area contributed by atoms with Gasteiger partial charge in [0, 0.05) is 93.9 Å². The first kappa shape index (κ1) is 42.4. The zero-order valence-corrected chi connectivity index (χ0v) is 44.5. The lowest BCUT2D eigenvalue weighted by Gasteiger charge is -2.50. The third-order valence-electron chi connectivity index (χ3n) is 17.3. The van der Waals surface area contributed by atoms with Crippen molar-refractivity contribution in [3.8, 4) is 33.0 Å². The van der Waals surface area contributed by atoms with Crippen LogP contribution < -0.4 is 9.47 Å². The number of hydrogen-bond donors (Lipinski definition) is 0. The van der Waals surface area contributed by atoms with Gasteiger partial charge < -0.3 is 18.6 Å². The van der Waals surface area contributed by atoms with Gasteiger partial charge in [-0.2, -0.15) is 0 Å². The van der Waals surface area contributed by atoms with E-state index in [9.17, 15) is 0 Å². The predicted octanol–water partition coefficient (Wildman–Crippen LogP) is 20.0. The molecule has 0 N–H and O–H groups in total. The molecule has 8 heterocycles. The highest BCUT2D eigenvalue weighted by molar-refractivity contribution is 7.26. The molecule has 0 bridgehead atoms. The van der Waals surface area contributed by atoms with Gasteiger partial charge >= 0.3 is 0 Å². The van der Waals surface area contributed by atoms with E-state index in [1.165, 1.54) is 105 Å². The van der Waals surface area contributed by atoms with Crippen molar-refractivity contribution in [2.75, 3.05) is 0 Å². The molecule has 2 spiro atoms. The number of fused-ring (bicyclic) bond motifs is 26. The average Bonchev–Trinajstić information content (AvgIpc) is 2.63. The molecule has 3 aliphatic rings. The minimum atomic E-state index is -0.813. The molecule has 0 radical (unpaired) electrons. The smallest absolute Gasteiger partial charge is 0.132 e. The Morgan fingerprint density at radius 2 is 0.603 bits per heavy atom. The topological polar surface area (TPSA) is 28.3 Å². The van der Waals surface area contributed by atoms with Gasteiger partial charge in [-0.25, -0.2) is 0 Å². The lowest BCUT2D eigenvalue weighted by atomic mass is 9.54. The summed E-state index contributed by atoms with van der Waals surface area (Å²) in [6.07, 6.45) is 0. The first-order valence-corrected chi connectivity index (χ1v) is 29.6. The fourth-order valence-corrected chi connectivity index (χ4v) is 19.5. The van der Waals surface area contributed by atoms with Gasteiger partial charge in [-0.05, 0) is 96.1 Å². The molecular weight excluding hydrogens is 1030 g/mol. The van der Waals surface area contributed by atoms with Crippen molar-refractivity contribution in [2.24, 2.45) is 0 Å². The molecule has 0 saturated carbocycles. The minimum absolute atomic E-state index is 0.813. The first-order chi connectivity index (χ1) is 38.6. The Balaban J connectivity index is 1.00. The summed E-state index contributed by atoms with van der Waals surface area (Å²) < 4.78 is 24.5. The predicted molar refractivity (Wildman–Crippen MR) is 327 cm³/mol. The van der Waals surface area contributed by atoms with Gasteiger partial charge in [-0.1, -0.05) is 146 Å². The molecule has 19 rings (SSSR count). The van der Waals surface area contributed by atoms with Gasteiger partial charge in [0.1, 0.15) is 33.0 Å². The summed E-state index contributed by atoms with van der Waals surface area (Å²) in [7, 11) is 0. The van der Waals surface area contributed by atoms with E-state index in [-0.39, 0.29) is 0 Å². The second-order valence-corrected chi connectivity index (χ2v) is 25.2. The average molecular weight is 1070 g/mol. The molecule has 0 saturated heterocycles. The van der Waals surface area contributed by atoms with Crippen LogP contribution >= 0.6 is 45.3 Å². The molecule has 0 unspecified atom stereocenters. The molecule has 0 fully saturated rings. The highest BCUT2D eigenvalue weighted by Crippen LogP contribution is 2.70. The Kier molecular flexibility index (Phi) is 8.17. The number of thiophene rings is 4. The molecule has 4 nitrogen and oxygen atoms in total. The summed E-state index contributed by atoms with van der Waals surface area (Å²) in [6.45, 7) is 0. The highest BCUT2D eigenvalue weighted by atomic mass is 32.1. The van der Waals surface area contributed by atoms with E-state index in [0.717, 1.165) is 55.3 Å². The molecule has 1 aliphatic carbocycles. The number of rotatable bonds is 2. The summed E-state index contributed by atoms with van der Waals surface area (Å²) >= 11 is 7.62. The van der Waals surface area contributed by atoms with Crippen LogP contribution in [0.1, 0.15) is 43.1 Å². The normalized spacial score (nSPS) is 14.6. The number of benzene rings is 10. The number of hydrogen-bond acceptors (Lipinski definition) is 6. The monoisotopic (exact) mass is 1070 g/mol. The molecule has 10 aromatic carbocycles. The molecule has 78 heavy (non-hydrogen) atoms. The van der Waals surface area contributed by atoms with Gasteiger partial charge in [0.05, 0.1) is 32.9 Å². The van der Waals surface area contributed by atoms with Crippen molar-refractivity contribution in [3.05, 3.63) is 274 Å². The fraction of sp³-hybridized carbons (Fsp3) is 0.0286. The molecule has 0 amide bonds. The standard InChI is InChI=1S/C70H38N2O2S4/c1-9-25-53-39(17-1)43-35-63-45(41-19-3-15-31-61(41)75-63)33-55(43)71(53)65-37-51-67(77-65)70(49-23-7-13-29-59(49)74-60-30-14-8-24-50(60)70)52-38-66(78-68(52)69(51)47-21-5-11-27-57(47)73-58-28-12-6-22-48(58)69)72-54-26-10-2-18-40(54)44-36-64-46(34-56(44)72)42-20-4-16-32-62(42)76-64/h1-38H. The maximum Gasteiger partial charge on any atom is 0.132 e. The highest BCUT2D eigenvalue weighted by Gasteiger charge is 2.61. The van der Waals surface area contributed by atoms with E-state index in [1.807, 2.05) is 45.3 Å². The third kappa shape index (κ3) is 5.15. The summed E-state index contributed by atoms with van der Waals surface area (Å²) in [4.78, 5) is 2.54. The van der Waals surface area contributed by atoms with Gasteiger partial charge in [0.2, 0.25) is 0 Å². The number of ether oxygens (including phenoxy) is 2. The summed E-state index contributed by atoms with van der Waals surface area (Å²) in [6, 6.07) is 86.0. The second kappa shape index (κ2) is 15.0. The lowest BCUT2D eigenvalue weighted by Crippen LogP contribution is -2.45. The van der Waals surface area contributed by atoms with Gasteiger partial charge in [0.25, 0.3) is 0 Å². The van der Waals surface area contributed by atoms with Crippen LogP contribution in [-0.2, 0) is 10.8 Å². The summed E-state index contributed by atoms with van der Waals surface area (Å²) in [5, 5.41) is 12.5. The maximum absolute atomic E-state index is 7.09. The van der Waals surface area contributed by atoms with E-state index in [2.05, 4.69) is 240 Å². The fourth-order valence-electron chi connectivity index (χ4n) is 14.2. The van der Waals surface area contributed by atoms with Crippen LogP contribution in [0.25, 0.3) is 94.0 Å². The number of aromatic nitrogens is 2. The Labute approximate surface area is 462 Å². The molecule has 364 valence electrons. The zero-order valence-electron chi connectivity index (χ0n) is 41.3. The summed E-state index contributed by atoms with van der Waals surface area (Å²) in [5.74, 6) is 3.47. The molecule has 8 heteroatoms. The molecular formula is C70H38N2O2S4. The maximum atomic E-state index is 7.09. The van der Waals surface area contributed by atoms with E-state index < -0.39 is 10.8 Å². The largest absolute Gasteiger partial charge is 0.457 e. The van der Waals surface area contributed by atoms with Crippen molar-refractivity contribution in [3.63, 3.8) is 0 Å². The molecule has 6 aromatic heterocycles. The van der Waals surface area contributed by atoms with Crippen LogP contribution in [0.4, 0.5) is 0 Å². The minimum Gasteiger partial charge on any atom is -0.457 e. The van der Waals surface area contributed by atoms with Gasteiger partial charge in [0.15, 0.2) is 0 Å². The zero-order chi connectivity index (χ0) is 50.6. The van der Waals surface area contributed by atoms with Gasteiger partial charge in [-0.3, -0.25) is 0 Å². The van der Waals surface area contributed by atoms with Crippen molar-refractivity contribution < 1.29 is 9.47 Å². The van der Waals surface area contributed by atoms with Crippen LogP contribution in [-0.4, -0.2) is 9.13 Å². The van der Waals surface area contributed by atoms with Gasteiger partial charge in [-0.15, -0.1) is 45.3 Å². The van der Waals surface area contributed by atoms with Crippen LogP contribution in [0.5, 0.6) is 23.0 Å². The van der Waals surface area contributed by atoms with Crippen molar-refractivity contribution in [1.29, 1.82) is 0 Å². The van der Waals surface area contributed by atoms with Crippen LogP contribution in [0, 0.1) is 0 Å². The van der Waals surface area contributed by atoms with Crippen LogP contribution in [0.3, 0.4) is 0 Å². The van der Waals surface area contributed by atoms with Crippen molar-refractivity contribution in [1.82, 2.24) is 9.13 Å². The van der Waals surface area contributed by atoms with Crippen LogP contribution in [0.2, 0.25) is 0 Å². The number of para-hydroxylation sites is 6. The molecule has 2 aliphatic heterocycles. The van der Waals surface area contributed by atoms with E-state index in [0.29, 0.717) is 0 Å². The number of nitrogens with zero attached hydrogens (tertiary/aromatic N) is 2. The third-order valence-corrected chi connectivity index (χ3v) is 22.1. The van der Waals surface area contributed by atoms with Crippen molar-refractivity contribution >= 4 is 129 Å². The Morgan fingerprint density at radius 1 is 0.256 bits per heavy atom. The van der Waals surface area contributed by atoms with Crippen molar-refractivity contribution in [2.45, 2.75) is 10.8 Å². The van der Waals surface area contributed by atoms with E-state index in [4.69, 9.17) is 9.47 Å². The lowest BCUT2D eigenvalue weighted by molar-refractivity contribution is 0.418. The van der Waals surface area contributed by atoms with E-state index in [1.54, 1.807) is 0 Å². The quantitative estimate of drug-likeness (QED) is 0.173.